The van der Waals surface area contributed by atoms with Crippen LogP contribution >= 0.6 is 0 Å². The second-order valence-corrected chi connectivity index (χ2v) is 6.23. The predicted molar refractivity (Wildman–Crippen MR) is 78.3 cm³/mol. The topological polar surface area (TPSA) is 58.3 Å². The van der Waals surface area contributed by atoms with Gasteiger partial charge in [0.1, 0.15) is 0 Å². The fourth-order valence-corrected chi connectivity index (χ4v) is 2.40. The van der Waals surface area contributed by atoms with Gasteiger partial charge in [-0.1, -0.05) is 0 Å². The van der Waals surface area contributed by atoms with Crippen LogP contribution in [0.2, 0.25) is 0 Å². The summed E-state index contributed by atoms with van der Waals surface area (Å²) < 4.78 is 0. The predicted octanol–water partition coefficient (Wildman–Crippen LogP) is 0.897. The zero-order chi connectivity index (χ0) is 14.0. The van der Waals surface area contributed by atoms with Crippen LogP contribution in [0.25, 0.3) is 0 Å². The summed E-state index contributed by atoms with van der Waals surface area (Å²) in [6.07, 6.45) is 4.63. The van der Waals surface area contributed by atoms with E-state index in [0.29, 0.717) is 0 Å². The number of aromatic nitrogens is 2. The monoisotopic (exact) mass is 263 g/mol. The van der Waals surface area contributed by atoms with Crippen LogP contribution in [0, 0.1) is 0 Å². The lowest BCUT2D eigenvalue weighted by atomic mass is 10.00. The third-order valence-corrected chi connectivity index (χ3v) is 3.85. The molecule has 5 heteroatoms. The van der Waals surface area contributed by atoms with Gasteiger partial charge in [-0.3, -0.25) is 4.90 Å². The number of rotatable bonds is 3. The van der Waals surface area contributed by atoms with Gasteiger partial charge in [0, 0.05) is 43.6 Å². The van der Waals surface area contributed by atoms with E-state index in [2.05, 4.69) is 40.7 Å². The van der Waals surface area contributed by atoms with E-state index >= 15 is 0 Å². The molecule has 2 N–H and O–H groups in total. The van der Waals surface area contributed by atoms with Crippen LogP contribution in [-0.2, 0) is 6.42 Å². The van der Waals surface area contributed by atoms with Crippen LogP contribution in [0.15, 0.2) is 12.4 Å². The quantitative estimate of drug-likeness (QED) is 0.878. The summed E-state index contributed by atoms with van der Waals surface area (Å²) in [5, 5.41) is 0. The van der Waals surface area contributed by atoms with Gasteiger partial charge in [0.05, 0.1) is 0 Å². The molecule has 0 bridgehead atoms. The van der Waals surface area contributed by atoms with E-state index in [9.17, 15) is 0 Å². The van der Waals surface area contributed by atoms with Crippen molar-refractivity contribution in [2.75, 3.05) is 31.6 Å². The molecule has 0 spiro atoms. The third kappa shape index (κ3) is 3.42. The fraction of sp³-hybridized carbons (Fsp3) is 0.714. The normalized spacial score (nSPS) is 21.4. The molecule has 0 aliphatic carbocycles. The molecule has 106 valence electrons. The fourth-order valence-electron chi connectivity index (χ4n) is 2.40. The van der Waals surface area contributed by atoms with E-state index in [1.807, 2.05) is 19.3 Å². The van der Waals surface area contributed by atoms with Crippen LogP contribution in [0.3, 0.4) is 0 Å². The van der Waals surface area contributed by atoms with E-state index < -0.39 is 0 Å². The molecule has 1 saturated heterocycles. The van der Waals surface area contributed by atoms with Gasteiger partial charge in [-0.2, -0.15) is 0 Å². The Morgan fingerprint density at radius 1 is 1.32 bits per heavy atom. The lowest BCUT2D eigenvalue weighted by Crippen LogP contribution is -2.58. The van der Waals surface area contributed by atoms with Crippen LogP contribution in [0.5, 0.6) is 0 Å². The lowest BCUT2D eigenvalue weighted by molar-refractivity contribution is 0.138. The highest BCUT2D eigenvalue weighted by molar-refractivity contribution is 5.32. The average molecular weight is 263 g/mol. The van der Waals surface area contributed by atoms with Gasteiger partial charge in [-0.25, -0.2) is 9.97 Å². The Hall–Kier alpha value is -1.20. The van der Waals surface area contributed by atoms with Crippen molar-refractivity contribution >= 4 is 5.95 Å². The van der Waals surface area contributed by atoms with Crippen LogP contribution in [0.1, 0.15) is 26.3 Å². The maximum atomic E-state index is 5.78. The maximum Gasteiger partial charge on any atom is 0.225 e. The van der Waals surface area contributed by atoms with Gasteiger partial charge in [-0.05, 0) is 39.8 Å². The minimum atomic E-state index is 0.150. The number of hydrogen-bond donors (Lipinski definition) is 1. The van der Waals surface area contributed by atoms with E-state index in [0.717, 1.165) is 37.6 Å². The van der Waals surface area contributed by atoms with Crippen molar-refractivity contribution < 1.29 is 0 Å². The Balaban J connectivity index is 2.06. The smallest absolute Gasteiger partial charge is 0.225 e. The summed E-state index contributed by atoms with van der Waals surface area (Å²) >= 11 is 0. The van der Waals surface area contributed by atoms with E-state index in [-0.39, 0.29) is 11.6 Å². The first-order valence-electron chi connectivity index (χ1n) is 6.91. The highest BCUT2D eigenvalue weighted by atomic mass is 15.3. The molecule has 19 heavy (non-hydrogen) atoms. The van der Waals surface area contributed by atoms with Crippen molar-refractivity contribution in [3.8, 4) is 0 Å². The molecule has 1 aromatic rings. The zero-order valence-corrected chi connectivity index (χ0v) is 12.4. The minimum absolute atomic E-state index is 0.150. The standard InChI is InChI=1S/C14H25N5/c1-11(15)7-12-8-16-13(17-9-12)19-6-5-18(4)14(2,3)10-19/h8-9,11H,5-7,10,15H2,1-4H3. The van der Waals surface area contributed by atoms with Gasteiger partial charge in [0.2, 0.25) is 5.95 Å². The third-order valence-electron chi connectivity index (χ3n) is 3.85. The van der Waals surface area contributed by atoms with E-state index in [1.54, 1.807) is 0 Å². The highest BCUT2D eigenvalue weighted by Gasteiger charge is 2.31. The van der Waals surface area contributed by atoms with Crippen molar-refractivity contribution in [3.05, 3.63) is 18.0 Å². The first-order valence-corrected chi connectivity index (χ1v) is 6.91. The zero-order valence-electron chi connectivity index (χ0n) is 12.4. The molecule has 5 nitrogen and oxygen atoms in total. The van der Waals surface area contributed by atoms with Crippen LogP contribution < -0.4 is 10.6 Å². The number of anilines is 1. The Kier molecular flexibility index (Phi) is 4.06. The van der Waals surface area contributed by atoms with Crippen molar-refractivity contribution in [1.29, 1.82) is 0 Å². The number of hydrogen-bond acceptors (Lipinski definition) is 5. The van der Waals surface area contributed by atoms with Crippen LogP contribution in [0.4, 0.5) is 5.95 Å². The van der Waals surface area contributed by atoms with Gasteiger partial charge in [-0.15, -0.1) is 0 Å². The largest absolute Gasteiger partial charge is 0.338 e. The Morgan fingerprint density at radius 2 is 1.95 bits per heavy atom. The van der Waals surface area contributed by atoms with Gasteiger partial charge in [0.15, 0.2) is 0 Å². The second-order valence-electron chi connectivity index (χ2n) is 6.23. The molecule has 2 rings (SSSR count). The van der Waals surface area contributed by atoms with Crippen LogP contribution in [-0.4, -0.2) is 53.1 Å². The SMILES string of the molecule is CC(N)Cc1cnc(N2CCN(C)C(C)(C)C2)nc1. The molecule has 1 aromatic heterocycles. The molecule has 1 aliphatic rings. The number of likely N-dealkylation sites (N-methyl/N-ethyl adjacent to an activating group) is 1. The van der Waals surface area contributed by atoms with Crippen molar-refractivity contribution in [3.63, 3.8) is 0 Å². The highest BCUT2D eigenvalue weighted by Crippen LogP contribution is 2.21. The Morgan fingerprint density at radius 3 is 2.47 bits per heavy atom. The molecule has 1 unspecified atom stereocenters. The van der Waals surface area contributed by atoms with E-state index in [4.69, 9.17) is 5.73 Å². The number of nitrogens with zero attached hydrogens (tertiary/aromatic N) is 4. The first-order chi connectivity index (χ1) is 8.88. The van der Waals surface area contributed by atoms with Gasteiger partial charge in [0.25, 0.3) is 0 Å². The summed E-state index contributed by atoms with van der Waals surface area (Å²) in [7, 11) is 2.17. The Bertz CT molecular complexity index is 412. The molecule has 0 aromatic carbocycles. The average Bonchev–Trinajstić information content (AvgIpc) is 2.33. The molecule has 1 aliphatic heterocycles. The molecular formula is C14H25N5. The molecule has 2 heterocycles. The molecule has 0 amide bonds. The molecule has 1 fully saturated rings. The molecule has 0 saturated carbocycles. The summed E-state index contributed by atoms with van der Waals surface area (Å²) in [5.41, 5.74) is 7.05. The first kappa shape index (κ1) is 14.2. The Labute approximate surface area is 115 Å². The van der Waals surface area contributed by atoms with Crippen molar-refractivity contribution in [2.24, 2.45) is 5.73 Å². The lowest BCUT2D eigenvalue weighted by Gasteiger charge is -2.45. The summed E-state index contributed by atoms with van der Waals surface area (Å²) in [4.78, 5) is 13.6. The summed E-state index contributed by atoms with van der Waals surface area (Å²) in [6.45, 7) is 9.48. The summed E-state index contributed by atoms with van der Waals surface area (Å²) in [6, 6.07) is 0.150. The van der Waals surface area contributed by atoms with Gasteiger partial charge >= 0.3 is 0 Å². The molecule has 1 atom stereocenters. The van der Waals surface area contributed by atoms with E-state index in [1.165, 1.54) is 0 Å². The second kappa shape index (κ2) is 5.43. The minimum Gasteiger partial charge on any atom is -0.338 e. The maximum absolute atomic E-state index is 5.78. The number of nitrogens with two attached hydrogens (primary N) is 1. The van der Waals surface area contributed by atoms with Gasteiger partial charge < -0.3 is 10.6 Å². The molecular weight excluding hydrogens is 238 g/mol. The number of piperazine rings is 1. The summed E-state index contributed by atoms with van der Waals surface area (Å²) in [5.74, 6) is 0.828. The molecule has 0 radical (unpaired) electrons. The van der Waals surface area contributed by atoms with Crippen molar-refractivity contribution in [1.82, 2.24) is 14.9 Å². The van der Waals surface area contributed by atoms with Crippen molar-refractivity contribution in [2.45, 2.75) is 38.8 Å².